The van der Waals surface area contributed by atoms with Gasteiger partial charge in [0, 0.05) is 17.0 Å². The summed E-state index contributed by atoms with van der Waals surface area (Å²) in [7, 11) is -4.04. The van der Waals surface area contributed by atoms with Crippen molar-refractivity contribution in [1.82, 2.24) is 4.31 Å². The lowest BCUT2D eigenvalue weighted by atomic mass is 10.0. The van der Waals surface area contributed by atoms with Gasteiger partial charge < -0.3 is 5.11 Å². The number of carboxylic acid groups (broad SMARTS) is 1. The van der Waals surface area contributed by atoms with Gasteiger partial charge in [0.15, 0.2) is 11.6 Å². The molecule has 0 radical (unpaired) electrons. The van der Waals surface area contributed by atoms with Crippen LogP contribution in [0, 0.1) is 11.6 Å². The number of halogens is 2. The highest BCUT2D eigenvalue weighted by Crippen LogP contribution is 2.38. The zero-order valence-electron chi connectivity index (χ0n) is 15.2. The monoisotopic (exact) mass is 427 g/mol. The van der Waals surface area contributed by atoms with E-state index < -0.39 is 38.4 Å². The summed E-state index contributed by atoms with van der Waals surface area (Å²) in [6.45, 7) is 3.52. The Bertz CT molecular complexity index is 1010. The molecule has 5 nitrogen and oxygen atoms in total. The molecule has 0 saturated carbocycles. The average Bonchev–Trinajstić information content (AvgIpc) is 2.62. The van der Waals surface area contributed by atoms with E-state index in [9.17, 15) is 27.1 Å². The Morgan fingerprint density at radius 2 is 1.71 bits per heavy atom. The lowest BCUT2D eigenvalue weighted by molar-refractivity contribution is -0.142. The third-order valence-electron chi connectivity index (χ3n) is 4.68. The molecule has 0 spiro atoms. The first kappa shape index (κ1) is 20.8. The highest BCUT2D eigenvalue weighted by molar-refractivity contribution is 8.00. The van der Waals surface area contributed by atoms with Crippen LogP contribution in [0.15, 0.2) is 47.4 Å². The number of aliphatic carboxylic acids is 1. The van der Waals surface area contributed by atoms with Gasteiger partial charge in [-0.1, -0.05) is 18.2 Å². The highest BCUT2D eigenvalue weighted by atomic mass is 32.2. The molecule has 0 aliphatic carbocycles. The van der Waals surface area contributed by atoms with Gasteiger partial charge in [-0.25, -0.2) is 17.2 Å². The van der Waals surface area contributed by atoms with Crippen LogP contribution in [-0.4, -0.2) is 46.9 Å². The topological polar surface area (TPSA) is 74.7 Å². The second-order valence-corrected chi connectivity index (χ2v) is 10.6. The lowest BCUT2D eigenvalue weighted by Gasteiger charge is -2.42. The first-order chi connectivity index (χ1) is 13.0. The number of hydrogen-bond donors (Lipinski definition) is 1. The van der Waals surface area contributed by atoms with Gasteiger partial charge in [0.2, 0.25) is 10.0 Å². The van der Waals surface area contributed by atoms with Gasteiger partial charge in [-0.3, -0.25) is 4.79 Å². The van der Waals surface area contributed by atoms with Gasteiger partial charge in [0.05, 0.1) is 4.90 Å². The van der Waals surface area contributed by atoms with Gasteiger partial charge >= 0.3 is 5.97 Å². The number of carbonyl (C=O) groups is 1. The van der Waals surface area contributed by atoms with Crippen molar-refractivity contribution in [2.45, 2.75) is 29.5 Å². The maximum absolute atomic E-state index is 13.4. The predicted molar refractivity (Wildman–Crippen MR) is 104 cm³/mol. The number of benzene rings is 2. The summed E-state index contributed by atoms with van der Waals surface area (Å²) in [6, 6.07) is 7.90. The summed E-state index contributed by atoms with van der Waals surface area (Å²) in [4.78, 5) is 11.7. The molecule has 1 unspecified atom stereocenters. The summed E-state index contributed by atoms with van der Waals surface area (Å²) in [5.74, 6) is -2.66. The minimum absolute atomic E-state index is 0.0483. The van der Waals surface area contributed by atoms with Crippen molar-refractivity contribution >= 4 is 27.8 Å². The summed E-state index contributed by atoms with van der Waals surface area (Å²) >= 11 is 1.42. The number of thioether (sulfide) groups is 1. The number of carboxylic acids is 1. The van der Waals surface area contributed by atoms with Crippen LogP contribution in [0.4, 0.5) is 8.78 Å². The Morgan fingerprint density at radius 3 is 2.29 bits per heavy atom. The van der Waals surface area contributed by atoms with Crippen molar-refractivity contribution in [3.05, 3.63) is 54.1 Å². The molecule has 28 heavy (non-hydrogen) atoms. The fourth-order valence-electron chi connectivity index (χ4n) is 3.26. The number of nitrogens with zero attached hydrogens (tertiary/aromatic N) is 1. The van der Waals surface area contributed by atoms with Gasteiger partial charge in [-0.05, 0) is 49.2 Å². The second kappa shape index (κ2) is 7.46. The van der Waals surface area contributed by atoms with E-state index >= 15 is 0 Å². The predicted octanol–water partition coefficient (Wildman–Crippen LogP) is 3.60. The minimum Gasteiger partial charge on any atom is -0.480 e. The van der Waals surface area contributed by atoms with E-state index in [0.717, 1.165) is 16.4 Å². The Hall–Kier alpha value is -1.97. The Labute approximate surface area is 166 Å². The normalized spacial score (nSPS) is 20.1. The molecule has 1 aliphatic rings. The number of rotatable bonds is 4. The van der Waals surface area contributed by atoms with Gasteiger partial charge in [0.1, 0.15) is 6.04 Å². The molecule has 150 valence electrons. The molecule has 9 heteroatoms. The Balaban J connectivity index is 1.95. The van der Waals surface area contributed by atoms with E-state index in [4.69, 9.17) is 0 Å². The SMILES string of the molecule is CC1(C)SCCN(S(=O)(=O)c2ccc(-c3ccc(F)c(F)c3)cc2)C1C(=O)O. The van der Waals surface area contributed by atoms with Crippen LogP contribution >= 0.6 is 11.8 Å². The zero-order chi connectivity index (χ0) is 20.7. The molecule has 0 bridgehead atoms. The van der Waals surface area contributed by atoms with Crippen molar-refractivity contribution in [3.63, 3.8) is 0 Å². The third-order valence-corrected chi connectivity index (χ3v) is 7.91. The molecule has 1 heterocycles. The van der Waals surface area contributed by atoms with Crippen LogP contribution in [0.3, 0.4) is 0 Å². The van der Waals surface area contributed by atoms with Crippen molar-refractivity contribution < 1.29 is 27.1 Å². The Morgan fingerprint density at radius 1 is 1.11 bits per heavy atom. The third kappa shape index (κ3) is 3.78. The molecule has 1 atom stereocenters. The maximum Gasteiger partial charge on any atom is 0.323 e. The number of sulfonamides is 1. The summed E-state index contributed by atoms with van der Waals surface area (Å²) in [5.41, 5.74) is 0.920. The minimum atomic E-state index is -4.04. The van der Waals surface area contributed by atoms with E-state index in [2.05, 4.69) is 0 Å². The Kier molecular flexibility index (Phi) is 5.53. The largest absolute Gasteiger partial charge is 0.480 e. The molecular formula is C19H19F2NO4S2. The van der Waals surface area contributed by atoms with Crippen LogP contribution in [-0.2, 0) is 14.8 Å². The molecule has 1 fully saturated rings. The first-order valence-electron chi connectivity index (χ1n) is 8.48. The van der Waals surface area contributed by atoms with Crippen molar-refractivity contribution in [2.75, 3.05) is 12.3 Å². The van der Waals surface area contributed by atoms with Crippen molar-refractivity contribution in [1.29, 1.82) is 0 Å². The van der Waals surface area contributed by atoms with Gasteiger partial charge in [-0.2, -0.15) is 16.1 Å². The van der Waals surface area contributed by atoms with Crippen LogP contribution in [0.2, 0.25) is 0 Å². The molecule has 1 saturated heterocycles. The molecule has 1 aliphatic heterocycles. The van der Waals surface area contributed by atoms with Crippen LogP contribution in [0.25, 0.3) is 11.1 Å². The molecule has 0 amide bonds. The second-order valence-electron chi connectivity index (χ2n) is 6.96. The summed E-state index contributed by atoms with van der Waals surface area (Å²) in [5, 5.41) is 9.61. The molecule has 2 aromatic rings. The van der Waals surface area contributed by atoms with Gasteiger partial charge in [-0.15, -0.1) is 0 Å². The molecule has 0 aromatic heterocycles. The average molecular weight is 427 g/mol. The number of hydrogen-bond acceptors (Lipinski definition) is 4. The van der Waals surface area contributed by atoms with Crippen LogP contribution in [0.1, 0.15) is 13.8 Å². The van der Waals surface area contributed by atoms with Crippen molar-refractivity contribution in [2.24, 2.45) is 0 Å². The van der Waals surface area contributed by atoms with Crippen molar-refractivity contribution in [3.8, 4) is 11.1 Å². The molecule has 1 N–H and O–H groups in total. The highest BCUT2D eigenvalue weighted by Gasteiger charge is 2.48. The van der Waals surface area contributed by atoms with E-state index in [1.807, 2.05) is 0 Å². The smallest absolute Gasteiger partial charge is 0.323 e. The molecule has 3 rings (SSSR count). The molecule has 2 aromatic carbocycles. The lowest BCUT2D eigenvalue weighted by Crippen LogP contribution is -2.58. The van der Waals surface area contributed by atoms with Crippen LogP contribution in [0.5, 0.6) is 0 Å². The first-order valence-corrected chi connectivity index (χ1v) is 10.9. The van der Waals surface area contributed by atoms with E-state index in [1.54, 1.807) is 13.8 Å². The zero-order valence-corrected chi connectivity index (χ0v) is 16.9. The van der Waals surface area contributed by atoms with E-state index in [-0.39, 0.29) is 11.4 Å². The molecular weight excluding hydrogens is 408 g/mol. The van der Waals surface area contributed by atoms with E-state index in [1.165, 1.54) is 42.1 Å². The fourth-order valence-corrected chi connectivity index (χ4v) is 6.36. The maximum atomic E-state index is 13.4. The van der Waals surface area contributed by atoms with E-state index in [0.29, 0.717) is 16.9 Å². The summed E-state index contributed by atoms with van der Waals surface area (Å²) < 4.78 is 52.9. The quantitative estimate of drug-likeness (QED) is 0.807. The fraction of sp³-hybridized carbons (Fsp3) is 0.316. The standard InChI is InChI=1S/C19H19F2NO4S2/c1-19(2)17(18(23)24)22(9-10-27-19)28(25,26)14-6-3-12(4-7-14)13-5-8-15(20)16(21)11-13/h3-8,11,17H,9-10H2,1-2H3,(H,23,24). The van der Waals surface area contributed by atoms with Gasteiger partial charge in [0.25, 0.3) is 0 Å². The summed E-state index contributed by atoms with van der Waals surface area (Å²) in [6.07, 6.45) is 0. The van der Waals surface area contributed by atoms with Crippen LogP contribution < -0.4 is 0 Å².